The lowest BCUT2D eigenvalue weighted by molar-refractivity contribution is 0.0383. The zero-order valence-corrected chi connectivity index (χ0v) is 23.3. The Labute approximate surface area is 231 Å². The summed E-state index contributed by atoms with van der Waals surface area (Å²) in [5.41, 5.74) is 1.90. The van der Waals surface area contributed by atoms with Crippen LogP contribution in [-0.2, 0) is 11.8 Å². The maximum absolute atomic E-state index is 15.6. The molecule has 0 aliphatic carbocycles. The first-order valence-corrected chi connectivity index (χ1v) is 14.0. The maximum atomic E-state index is 15.6. The SMILES string of the molecule is CC(C)N1CCN(c2nc3c(cc2F)c(=O)c(C(=O)NCCN2CCOCC2)c2n(C)c4ccccc4n32)CC1. The van der Waals surface area contributed by atoms with Gasteiger partial charge in [-0.15, -0.1) is 0 Å². The Bertz CT molecular complexity index is 1630. The van der Waals surface area contributed by atoms with E-state index < -0.39 is 17.2 Å². The molecule has 212 valence electrons. The van der Waals surface area contributed by atoms with Gasteiger partial charge in [-0.1, -0.05) is 12.1 Å². The van der Waals surface area contributed by atoms with E-state index in [1.165, 1.54) is 6.07 Å². The van der Waals surface area contributed by atoms with E-state index in [-0.39, 0.29) is 16.8 Å². The summed E-state index contributed by atoms with van der Waals surface area (Å²) in [6, 6.07) is 9.37. The number of rotatable bonds is 6. The molecule has 1 aromatic carbocycles. The highest BCUT2D eigenvalue weighted by Crippen LogP contribution is 2.28. The van der Waals surface area contributed by atoms with Crippen LogP contribution in [0, 0.1) is 5.82 Å². The van der Waals surface area contributed by atoms with Gasteiger partial charge >= 0.3 is 0 Å². The number of benzene rings is 1. The van der Waals surface area contributed by atoms with Crippen molar-refractivity contribution in [3.8, 4) is 0 Å². The van der Waals surface area contributed by atoms with Crippen molar-refractivity contribution >= 4 is 39.4 Å². The second-order valence-electron chi connectivity index (χ2n) is 10.9. The highest BCUT2D eigenvalue weighted by atomic mass is 19.1. The highest BCUT2D eigenvalue weighted by molar-refractivity contribution is 6.05. The minimum Gasteiger partial charge on any atom is -0.379 e. The van der Waals surface area contributed by atoms with Crippen LogP contribution in [0.4, 0.5) is 10.2 Å². The number of hydrogen-bond acceptors (Lipinski definition) is 7. The Hall–Kier alpha value is -3.54. The van der Waals surface area contributed by atoms with Gasteiger partial charge in [0.25, 0.3) is 5.91 Å². The first-order valence-electron chi connectivity index (χ1n) is 14.0. The van der Waals surface area contributed by atoms with E-state index in [1.54, 1.807) is 0 Å². The third-order valence-electron chi connectivity index (χ3n) is 8.25. The third kappa shape index (κ3) is 4.61. The Morgan fingerprint density at radius 2 is 1.77 bits per heavy atom. The normalized spacial score (nSPS) is 17.5. The molecule has 1 N–H and O–H groups in total. The summed E-state index contributed by atoms with van der Waals surface area (Å²) in [6.45, 7) is 11.2. The quantitative estimate of drug-likeness (QED) is 0.394. The van der Waals surface area contributed by atoms with Gasteiger partial charge in [0.15, 0.2) is 17.3 Å². The number of aryl methyl sites for hydroxylation is 1. The molecule has 11 heteroatoms. The van der Waals surface area contributed by atoms with Crippen LogP contribution in [0.1, 0.15) is 24.2 Å². The highest BCUT2D eigenvalue weighted by Gasteiger charge is 2.28. The smallest absolute Gasteiger partial charge is 0.259 e. The van der Waals surface area contributed by atoms with Crippen LogP contribution in [0.2, 0.25) is 0 Å². The summed E-state index contributed by atoms with van der Waals surface area (Å²) in [4.78, 5) is 38.8. The number of fused-ring (bicyclic) bond motifs is 5. The molecule has 2 saturated heterocycles. The predicted octanol–water partition coefficient (Wildman–Crippen LogP) is 2.07. The van der Waals surface area contributed by atoms with Gasteiger partial charge in [-0.2, -0.15) is 0 Å². The molecule has 0 bridgehead atoms. The van der Waals surface area contributed by atoms with E-state index in [0.717, 1.165) is 37.2 Å². The number of para-hydroxylation sites is 2. The number of pyridine rings is 2. The number of carbonyl (C=O) groups excluding carboxylic acids is 1. The molecule has 40 heavy (non-hydrogen) atoms. The van der Waals surface area contributed by atoms with Crippen molar-refractivity contribution in [3.05, 3.63) is 51.9 Å². The Balaban J connectivity index is 1.45. The zero-order chi connectivity index (χ0) is 28.0. The maximum Gasteiger partial charge on any atom is 0.259 e. The van der Waals surface area contributed by atoms with Crippen LogP contribution in [0.25, 0.3) is 27.7 Å². The molecule has 0 saturated carbocycles. The van der Waals surface area contributed by atoms with Crippen LogP contribution in [0.15, 0.2) is 35.1 Å². The lowest BCUT2D eigenvalue weighted by Crippen LogP contribution is -2.49. The first kappa shape index (κ1) is 26.7. The molecule has 10 nitrogen and oxygen atoms in total. The number of carbonyl (C=O) groups is 1. The number of ether oxygens (including phenoxy) is 1. The van der Waals surface area contributed by atoms with E-state index in [9.17, 15) is 9.59 Å². The zero-order valence-electron chi connectivity index (χ0n) is 23.3. The number of nitrogens with one attached hydrogen (secondary N) is 1. The van der Waals surface area contributed by atoms with Crippen molar-refractivity contribution in [2.45, 2.75) is 19.9 Å². The second kappa shape index (κ2) is 10.8. The summed E-state index contributed by atoms with van der Waals surface area (Å²) in [6.07, 6.45) is 0. The molecule has 3 aromatic heterocycles. The number of hydrogen-bond donors (Lipinski definition) is 1. The standard InChI is InChI=1S/C29H36FN7O3/c1-19(2)35-10-12-36(13-11-35)27-21(30)18-20-25(38)24(28(39)31-8-9-34-14-16-40-17-15-34)29-33(3)22-6-4-5-7-23(22)37(29)26(20)32-27/h4-7,18-19H,8-17H2,1-3H3,(H,31,39). The number of amides is 1. The predicted molar refractivity (Wildman–Crippen MR) is 154 cm³/mol. The van der Waals surface area contributed by atoms with Gasteiger partial charge in [0.2, 0.25) is 5.43 Å². The van der Waals surface area contributed by atoms with Gasteiger partial charge in [-0.05, 0) is 32.0 Å². The molecule has 1 amide bonds. The fraction of sp³-hybridized carbons (Fsp3) is 0.483. The number of aromatic nitrogens is 3. The number of imidazole rings is 1. The van der Waals surface area contributed by atoms with E-state index in [1.807, 2.05) is 45.2 Å². The molecular formula is C29H36FN7O3. The third-order valence-corrected chi connectivity index (χ3v) is 8.25. The largest absolute Gasteiger partial charge is 0.379 e. The van der Waals surface area contributed by atoms with Crippen molar-refractivity contribution in [1.82, 2.24) is 29.1 Å². The minimum absolute atomic E-state index is 0.00678. The molecular weight excluding hydrogens is 513 g/mol. The molecule has 4 aromatic rings. The van der Waals surface area contributed by atoms with Crippen molar-refractivity contribution in [1.29, 1.82) is 0 Å². The van der Waals surface area contributed by atoms with Crippen LogP contribution < -0.4 is 15.6 Å². The molecule has 0 unspecified atom stereocenters. The molecule has 2 aliphatic heterocycles. The fourth-order valence-electron chi connectivity index (χ4n) is 5.97. The van der Waals surface area contributed by atoms with Crippen molar-refractivity contribution in [2.24, 2.45) is 7.05 Å². The fourth-order valence-corrected chi connectivity index (χ4v) is 5.97. The van der Waals surface area contributed by atoms with Gasteiger partial charge in [0.1, 0.15) is 11.2 Å². The minimum atomic E-state index is -0.554. The Morgan fingerprint density at radius 1 is 1.07 bits per heavy atom. The molecule has 0 spiro atoms. The Kier molecular flexibility index (Phi) is 7.20. The molecule has 0 radical (unpaired) electrons. The van der Waals surface area contributed by atoms with E-state index in [0.29, 0.717) is 56.7 Å². The summed E-state index contributed by atoms with van der Waals surface area (Å²) < 4.78 is 24.7. The molecule has 0 atom stereocenters. The molecule has 2 aliphatic rings. The van der Waals surface area contributed by atoms with Gasteiger partial charge in [-0.3, -0.25) is 23.8 Å². The number of halogens is 1. The lowest BCUT2D eigenvalue weighted by Gasteiger charge is -2.37. The number of anilines is 1. The monoisotopic (exact) mass is 549 g/mol. The number of morpholine rings is 1. The lowest BCUT2D eigenvalue weighted by atomic mass is 10.1. The van der Waals surface area contributed by atoms with E-state index in [2.05, 4.69) is 29.0 Å². The summed E-state index contributed by atoms with van der Waals surface area (Å²) in [7, 11) is 1.84. The van der Waals surface area contributed by atoms with Crippen molar-refractivity contribution in [3.63, 3.8) is 0 Å². The molecule has 6 rings (SSSR count). The van der Waals surface area contributed by atoms with E-state index >= 15 is 4.39 Å². The van der Waals surface area contributed by atoms with Crippen molar-refractivity contribution in [2.75, 3.05) is 70.5 Å². The topological polar surface area (TPSA) is 87.3 Å². The summed E-state index contributed by atoms with van der Waals surface area (Å²) >= 11 is 0. The summed E-state index contributed by atoms with van der Waals surface area (Å²) in [5, 5.41) is 3.02. The average molecular weight is 550 g/mol. The van der Waals surface area contributed by atoms with Crippen molar-refractivity contribution < 1.29 is 13.9 Å². The average Bonchev–Trinajstić information content (AvgIpc) is 3.26. The summed E-state index contributed by atoms with van der Waals surface area (Å²) in [5.74, 6) is -0.793. The van der Waals surface area contributed by atoms with Gasteiger partial charge < -0.3 is 19.5 Å². The van der Waals surface area contributed by atoms with Gasteiger partial charge in [-0.25, -0.2) is 9.37 Å². The van der Waals surface area contributed by atoms with Gasteiger partial charge in [0.05, 0.1) is 29.6 Å². The Morgan fingerprint density at radius 3 is 2.48 bits per heavy atom. The van der Waals surface area contributed by atoms with E-state index in [4.69, 9.17) is 9.72 Å². The molecule has 2 fully saturated rings. The molecule has 5 heterocycles. The van der Waals surface area contributed by atoms with Crippen LogP contribution in [0.5, 0.6) is 0 Å². The number of piperazine rings is 1. The van der Waals surface area contributed by atoms with Gasteiger partial charge in [0, 0.05) is 65.4 Å². The number of nitrogens with zero attached hydrogens (tertiary/aromatic N) is 6. The second-order valence-corrected chi connectivity index (χ2v) is 10.9. The van der Waals surface area contributed by atoms with Crippen LogP contribution in [-0.4, -0.2) is 101 Å². The first-order chi connectivity index (χ1) is 19.3. The van der Waals surface area contributed by atoms with Crippen LogP contribution in [0.3, 0.4) is 0 Å². The van der Waals surface area contributed by atoms with Crippen LogP contribution >= 0.6 is 0 Å².